The lowest BCUT2D eigenvalue weighted by Gasteiger charge is -2.35. The topological polar surface area (TPSA) is 42.0 Å². The van der Waals surface area contributed by atoms with Gasteiger partial charge in [0, 0.05) is 52.0 Å². The summed E-state index contributed by atoms with van der Waals surface area (Å²) in [6, 6.07) is 7.87. The number of rotatable bonds is 5. The van der Waals surface area contributed by atoms with Gasteiger partial charge in [-0.05, 0) is 17.7 Å². The van der Waals surface area contributed by atoms with Crippen LogP contribution in [0.5, 0.6) is 0 Å². The Balaban J connectivity index is 1.84. The molecule has 1 aromatic rings. The average molecular weight is 313 g/mol. The fourth-order valence-electron chi connectivity index (χ4n) is 2.47. The average Bonchev–Trinajstić information content (AvgIpc) is 2.49. The number of hydrogen-bond acceptors (Lipinski definition) is 4. The summed E-state index contributed by atoms with van der Waals surface area (Å²) >= 11 is 5.99. The zero-order valence-corrected chi connectivity index (χ0v) is 13.2. The normalized spacial score (nSPS) is 16.5. The van der Waals surface area contributed by atoms with Gasteiger partial charge in [0.15, 0.2) is 0 Å². The first-order chi connectivity index (χ1) is 10.1. The summed E-state index contributed by atoms with van der Waals surface area (Å²) in [5.41, 5.74) is 1.19. The zero-order valence-electron chi connectivity index (χ0n) is 12.4. The molecule has 0 N–H and O–H groups in total. The van der Waals surface area contributed by atoms with Gasteiger partial charge in [-0.15, -0.1) is 0 Å². The molecule has 21 heavy (non-hydrogen) atoms. The fraction of sp³-hybridized carbons (Fsp3) is 0.533. The molecule has 1 aliphatic heterocycles. The number of ether oxygens (including phenoxy) is 2. The van der Waals surface area contributed by atoms with Gasteiger partial charge < -0.3 is 14.4 Å². The Bertz CT molecular complexity index is 472. The minimum atomic E-state index is -0.801. The van der Waals surface area contributed by atoms with E-state index in [0.29, 0.717) is 13.1 Å². The van der Waals surface area contributed by atoms with Crippen LogP contribution in [0.25, 0.3) is 0 Å². The summed E-state index contributed by atoms with van der Waals surface area (Å²) in [4.78, 5) is 16.2. The maximum Gasteiger partial charge on any atom is 0.279 e. The molecule has 1 amide bonds. The summed E-state index contributed by atoms with van der Waals surface area (Å²) in [6.45, 7) is 3.88. The third-order valence-corrected chi connectivity index (χ3v) is 3.84. The molecule has 6 heteroatoms. The summed E-state index contributed by atoms with van der Waals surface area (Å²) in [6.07, 6.45) is -0.801. The van der Waals surface area contributed by atoms with Crippen molar-refractivity contribution in [3.63, 3.8) is 0 Å². The molecule has 2 rings (SSSR count). The van der Waals surface area contributed by atoms with Crippen molar-refractivity contribution in [2.24, 2.45) is 0 Å². The van der Waals surface area contributed by atoms with Crippen molar-refractivity contribution >= 4 is 17.5 Å². The molecule has 0 atom stereocenters. The van der Waals surface area contributed by atoms with E-state index in [1.807, 2.05) is 18.2 Å². The molecule has 0 aliphatic carbocycles. The lowest BCUT2D eigenvalue weighted by molar-refractivity contribution is -0.171. The van der Waals surface area contributed by atoms with E-state index in [0.717, 1.165) is 24.7 Å². The maximum absolute atomic E-state index is 12.1. The third kappa shape index (κ3) is 4.41. The standard InChI is InChI=1S/C15H21ClN2O3/c1-20-15(21-2)14(19)18-8-6-17(7-9-18)11-12-4-3-5-13(16)10-12/h3-5,10,15H,6-9,11H2,1-2H3. The van der Waals surface area contributed by atoms with E-state index >= 15 is 0 Å². The monoisotopic (exact) mass is 312 g/mol. The highest BCUT2D eigenvalue weighted by atomic mass is 35.5. The number of nitrogens with zero attached hydrogens (tertiary/aromatic N) is 2. The van der Waals surface area contributed by atoms with Crippen LogP contribution in [0.2, 0.25) is 5.02 Å². The lowest BCUT2D eigenvalue weighted by atomic mass is 10.2. The molecule has 1 fully saturated rings. The molecular formula is C15H21ClN2O3. The third-order valence-electron chi connectivity index (χ3n) is 3.61. The Morgan fingerprint density at radius 2 is 1.90 bits per heavy atom. The Labute approximate surface area is 130 Å². The summed E-state index contributed by atoms with van der Waals surface area (Å²) in [5.74, 6) is -0.109. The maximum atomic E-state index is 12.1. The zero-order chi connectivity index (χ0) is 15.2. The molecule has 1 saturated heterocycles. The number of hydrogen-bond donors (Lipinski definition) is 0. The van der Waals surface area contributed by atoms with E-state index in [-0.39, 0.29) is 5.91 Å². The van der Waals surface area contributed by atoms with E-state index in [2.05, 4.69) is 11.0 Å². The van der Waals surface area contributed by atoms with Crippen LogP contribution < -0.4 is 0 Å². The number of carbonyl (C=O) groups is 1. The van der Waals surface area contributed by atoms with Gasteiger partial charge in [-0.3, -0.25) is 9.69 Å². The molecule has 0 saturated carbocycles. The van der Waals surface area contributed by atoms with Gasteiger partial charge in [-0.1, -0.05) is 23.7 Å². The second-order valence-corrected chi connectivity index (χ2v) is 5.47. The highest BCUT2D eigenvalue weighted by molar-refractivity contribution is 6.30. The molecule has 1 heterocycles. The summed E-state index contributed by atoms with van der Waals surface area (Å²) in [7, 11) is 2.95. The number of methoxy groups -OCH3 is 2. The fourth-order valence-corrected chi connectivity index (χ4v) is 2.68. The number of amides is 1. The molecule has 0 unspecified atom stereocenters. The van der Waals surface area contributed by atoms with Gasteiger partial charge in [-0.25, -0.2) is 0 Å². The number of halogens is 1. The van der Waals surface area contributed by atoms with Crippen LogP contribution in [0, 0.1) is 0 Å². The largest absolute Gasteiger partial charge is 0.348 e. The highest BCUT2D eigenvalue weighted by Crippen LogP contribution is 2.14. The molecule has 0 spiro atoms. The Kier molecular flexibility index (Phi) is 5.99. The predicted molar refractivity (Wildman–Crippen MR) is 81.1 cm³/mol. The van der Waals surface area contributed by atoms with E-state index in [9.17, 15) is 4.79 Å². The van der Waals surface area contributed by atoms with Gasteiger partial charge >= 0.3 is 0 Å². The van der Waals surface area contributed by atoms with Crippen LogP contribution in [0.1, 0.15) is 5.56 Å². The molecule has 0 bridgehead atoms. The van der Waals surface area contributed by atoms with Crippen LogP contribution in [-0.2, 0) is 20.8 Å². The Morgan fingerprint density at radius 3 is 2.48 bits per heavy atom. The lowest BCUT2D eigenvalue weighted by Crippen LogP contribution is -2.51. The minimum Gasteiger partial charge on any atom is -0.348 e. The number of benzene rings is 1. The van der Waals surface area contributed by atoms with E-state index in [4.69, 9.17) is 21.1 Å². The highest BCUT2D eigenvalue weighted by Gasteiger charge is 2.27. The smallest absolute Gasteiger partial charge is 0.279 e. The van der Waals surface area contributed by atoms with Crippen molar-refractivity contribution in [3.8, 4) is 0 Å². The Morgan fingerprint density at radius 1 is 1.24 bits per heavy atom. The van der Waals surface area contributed by atoms with Crippen molar-refractivity contribution in [1.29, 1.82) is 0 Å². The van der Waals surface area contributed by atoms with Crippen molar-refractivity contribution in [3.05, 3.63) is 34.9 Å². The molecule has 5 nitrogen and oxygen atoms in total. The van der Waals surface area contributed by atoms with Gasteiger partial charge in [0.25, 0.3) is 5.91 Å². The van der Waals surface area contributed by atoms with Crippen molar-refractivity contribution < 1.29 is 14.3 Å². The van der Waals surface area contributed by atoms with Crippen LogP contribution in [0.15, 0.2) is 24.3 Å². The molecule has 1 aromatic carbocycles. The predicted octanol–water partition coefficient (Wildman–Crippen LogP) is 1.60. The second-order valence-electron chi connectivity index (χ2n) is 5.03. The molecular weight excluding hydrogens is 292 g/mol. The molecule has 116 valence electrons. The van der Waals surface area contributed by atoms with E-state index in [1.54, 1.807) is 4.90 Å². The molecule has 1 aliphatic rings. The van der Waals surface area contributed by atoms with Crippen LogP contribution in [-0.4, -0.2) is 62.4 Å². The first kappa shape index (κ1) is 16.2. The van der Waals surface area contributed by atoms with E-state index in [1.165, 1.54) is 19.8 Å². The summed E-state index contributed by atoms with van der Waals surface area (Å²) < 4.78 is 10.0. The van der Waals surface area contributed by atoms with Crippen LogP contribution >= 0.6 is 11.6 Å². The first-order valence-corrected chi connectivity index (χ1v) is 7.33. The number of piperazine rings is 1. The summed E-state index contributed by atoms with van der Waals surface area (Å²) in [5, 5.41) is 0.754. The molecule has 0 radical (unpaired) electrons. The van der Waals surface area contributed by atoms with Crippen LogP contribution in [0.4, 0.5) is 0 Å². The molecule has 0 aromatic heterocycles. The van der Waals surface area contributed by atoms with Gasteiger partial charge in [0.1, 0.15) is 0 Å². The van der Waals surface area contributed by atoms with Gasteiger partial charge in [0.05, 0.1) is 0 Å². The van der Waals surface area contributed by atoms with Gasteiger partial charge in [-0.2, -0.15) is 0 Å². The number of carbonyl (C=O) groups excluding carboxylic acids is 1. The minimum absolute atomic E-state index is 0.109. The SMILES string of the molecule is COC(OC)C(=O)N1CCN(Cc2cccc(Cl)c2)CC1. The van der Waals surface area contributed by atoms with Gasteiger partial charge in [0.2, 0.25) is 6.29 Å². The second kappa shape index (κ2) is 7.75. The van der Waals surface area contributed by atoms with Crippen LogP contribution in [0.3, 0.4) is 0 Å². The van der Waals surface area contributed by atoms with E-state index < -0.39 is 6.29 Å². The van der Waals surface area contributed by atoms with Crippen molar-refractivity contribution in [2.75, 3.05) is 40.4 Å². The quantitative estimate of drug-likeness (QED) is 0.775. The first-order valence-electron chi connectivity index (χ1n) is 6.95. The Hall–Kier alpha value is -1.14. The van der Waals surface area contributed by atoms with Crippen molar-refractivity contribution in [2.45, 2.75) is 12.8 Å². The van der Waals surface area contributed by atoms with Crippen molar-refractivity contribution in [1.82, 2.24) is 9.80 Å².